The summed E-state index contributed by atoms with van der Waals surface area (Å²) in [5.41, 5.74) is 1.60. The Hall–Kier alpha value is -0.160. The number of nitrogens with one attached hydrogen (secondary N) is 1. The van der Waals surface area contributed by atoms with E-state index in [2.05, 4.69) is 27.5 Å². The highest BCUT2D eigenvalue weighted by Crippen LogP contribution is 2.35. The zero-order valence-electron chi connectivity index (χ0n) is 11.7. The van der Waals surface area contributed by atoms with Crippen LogP contribution in [-0.4, -0.2) is 35.1 Å². The molecule has 19 heavy (non-hydrogen) atoms. The molecular weight excluding hydrogens is 278 g/mol. The minimum absolute atomic E-state index is 0. The van der Waals surface area contributed by atoms with Crippen LogP contribution in [0.1, 0.15) is 42.8 Å². The van der Waals surface area contributed by atoms with Crippen LogP contribution in [0.5, 0.6) is 0 Å². The molecule has 1 N–H and O–H groups in total. The van der Waals surface area contributed by atoms with E-state index >= 15 is 0 Å². The van der Waals surface area contributed by atoms with Gasteiger partial charge < -0.3 is 5.32 Å². The number of thiazole rings is 1. The van der Waals surface area contributed by atoms with E-state index in [0.29, 0.717) is 5.54 Å². The molecule has 1 aromatic rings. The molecule has 0 amide bonds. The number of halogens is 1. The molecule has 0 unspecified atom stereocenters. The number of aryl methyl sites for hydroxylation is 1. The lowest BCUT2D eigenvalue weighted by Crippen LogP contribution is -2.61. The van der Waals surface area contributed by atoms with Crippen molar-refractivity contribution in [3.63, 3.8) is 0 Å². The highest BCUT2D eigenvalue weighted by molar-refractivity contribution is 7.09. The van der Waals surface area contributed by atoms with Gasteiger partial charge >= 0.3 is 0 Å². The fourth-order valence-corrected chi connectivity index (χ4v) is 4.26. The molecule has 1 aliphatic carbocycles. The van der Waals surface area contributed by atoms with Crippen molar-refractivity contribution in [2.45, 2.75) is 51.1 Å². The van der Waals surface area contributed by atoms with E-state index in [1.54, 1.807) is 0 Å². The smallest absolute Gasteiger partial charge is 0.107 e. The molecule has 1 spiro atoms. The van der Waals surface area contributed by atoms with Gasteiger partial charge in [-0.15, -0.1) is 23.7 Å². The molecule has 2 aliphatic rings. The van der Waals surface area contributed by atoms with E-state index in [1.807, 2.05) is 11.3 Å². The maximum absolute atomic E-state index is 4.64. The van der Waals surface area contributed by atoms with Crippen LogP contribution in [0.4, 0.5) is 0 Å². The van der Waals surface area contributed by atoms with Crippen molar-refractivity contribution in [2.75, 3.05) is 19.6 Å². The van der Waals surface area contributed by atoms with Gasteiger partial charge in [0.15, 0.2) is 0 Å². The van der Waals surface area contributed by atoms with Crippen molar-refractivity contribution in [3.8, 4) is 0 Å². The van der Waals surface area contributed by atoms with Gasteiger partial charge in [0, 0.05) is 36.2 Å². The molecule has 0 aromatic carbocycles. The minimum atomic E-state index is 0. The summed E-state index contributed by atoms with van der Waals surface area (Å²) >= 11 is 1.82. The summed E-state index contributed by atoms with van der Waals surface area (Å²) in [6.07, 6.45) is 6.95. The molecule has 3 nitrogen and oxygen atoms in total. The van der Waals surface area contributed by atoms with Gasteiger partial charge in [0.1, 0.15) is 5.01 Å². The molecule has 5 heteroatoms. The van der Waals surface area contributed by atoms with E-state index in [1.165, 1.54) is 55.9 Å². The molecule has 0 radical (unpaired) electrons. The summed E-state index contributed by atoms with van der Waals surface area (Å²) in [6, 6.07) is 0. The number of aromatic nitrogens is 1. The lowest BCUT2D eigenvalue weighted by atomic mass is 9.79. The third-order valence-electron chi connectivity index (χ3n) is 4.46. The fraction of sp³-hybridized carbons (Fsp3) is 0.786. The first-order chi connectivity index (χ1) is 8.78. The molecule has 2 fully saturated rings. The maximum Gasteiger partial charge on any atom is 0.107 e. The van der Waals surface area contributed by atoms with Crippen LogP contribution >= 0.6 is 23.7 Å². The second kappa shape index (κ2) is 6.53. The van der Waals surface area contributed by atoms with Crippen molar-refractivity contribution in [3.05, 3.63) is 16.1 Å². The fourth-order valence-electron chi connectivity index (χ4n) is 3.47. The van der Waals surface area contributed by atoms with Crippen LogP contribution in [0.3, 0.4) is 0 Å². The van der Waals surface area contributed by atoms with Crippen LogP contribution in [0, 0.1) is 6.92 Å². The molecule has 2 heterocycles. The van der Waals surface area contributed by atoms with Gasteiger partial charge in [-0.1, -0.05) is 19.3 Å². The van der Waals surface area contributed by atoms with E-state index in [0.717, 1.165) is 13.1 Å². The summed E-state index contributed by atoms with van der Waals surface area (Å²) in [5, 5.41) is 7.07. The Morgan fingerprint density at radius 2 is 2.16 bits per heavy atom. The average molecular weight is 302 g/mol. The molecule has 0 atom stereocenters. The van der Waals surface area contributed by atoms with Crippen molar-refractivity contribution in [1.29, 1.82) is 0 Å². The predicted octanol–water partition coefficient (Wildman–Crippen LogP) is 2.98. The maximum atomic E-state index is 4.64. The Bertz CT molecular complexity index is 393. The number of hydrogen-bond acceptors (Lipinski definition) is 4. The lowest BCUT2D eigenvalue weighted by molar-refractivity contribution is 0.0208. The van der Waals surface area contributed by atoms with Crippen LogP contribution in [-0.2, 0) is 6.54 Å². The van der Waals surface area contributed by atoms with Crippen molar-refractivity contribution < 1.29 is 0 Å². The first kappa shape index (κ1) is 15.2. The van der Waals surface area contributed by atoms with Crippen LogP contribution in [0.2, 0.25) is 0 Å². The molecule has 0 bridgehead atoms. The summed E-state index contributed by atoms with van der Waals surface area (Å²) in [4.78, 5) is 7.35. The van der Waals surface area contributed by atoms with Gasteiger partial charge in [0.25, 0.3) is 0 Å². The van der Waals surface area contributed by atoms with Crippen LogP contribution < -0.4 is 5.32 Å². The Morgan fingerprint density at radius 1 is 1.37 bits per heavy atom. The van der Waals surface area contributed by atoms with Gasteiger partial charge in [-0.3, -0.25) is 4.90 Å². The summed E-state index contributed by atoms with van der Waals surface area (Å²) in [6.45, 7) is 6.64. The number of piperazine rings is 1. The Labute approximate surface area is 126 Å². The van der Waals surface area contributed by atoms with Crippen LogP contribution in [0.25, 0.3) is 0 Å². The normalized spacial score (nSPS) is 23.2. The lowest BCUT2D eigenvalue weighted by Gasteiger charge is -2.49. The van der Waals surface area contributed by atoms with Crippen molar-refractivity contribution in [1.82, 2.24) is 15.2 Å². The predicted molar refractivity (Wildman–Crippen MR) is 83.2 cm³/mol. The minimum Gasteiger partial charge on any atom is -0.314 e. The first-order valence-corrected chi connectivity index (χ1v) is 8.03. The number of hydrogen-bond donors (Lipinski definition) is 1. The molecule has 108 valence electrons. The van der Waals surface area contributed by atoms with Gasteiger partial charge in [-0.2, -0.15) is 0 Å². The third-order valence-corrected chi connectivity index (χ3v) is 5.41. The van der Waals surface area contributed by atoms with Gasteiger partial charge in [-0.25, -0.2) is 4.98 Å². The van der Waals surface area contributed by atoms with E-state index < -0.39 is 0 Å². The Morgan fingerprint density at radius 3 is 2.84 bits per heavy atom. The van der Waals surface area contributed by atoms with E-state index in [4.69, 9.17) is 0 Å². The second-order valence-electron chi connectivity index (χ2n) is 5.77. The highest BCUT2D eigenvalue weighted by Gasteiger charge is 2.39. The Kier molecular flexibility index (Phi) is 5.23. The van der Waals surface area contributed by atoms with Gasteiger partial charge in [0.2, 0.25) is 0 Å². The van der Waals surface area contributed by atoms with Crippen LogP contribution in [0.15, 0.2) is 5.38 Å². The summed E-state index contributed by atoms with van der Waals surface area (Å²) in [5.74, 6) is 0. The van der Waals surface area contributed by atoms with Crippen molar-refractivity contribution in [2.24, 2.45) is 0 Å². The molecule has 1 saturated heterocycles. The topological polar surface area (TPSA) is 28.2 Å². The highest BCUT2D eigenvalue weighted by atomic mass is 35.5. The second-order valence-corrected chi connectivity index (χ2v) is 6.71. The molecule has 1 aliphatic heterocycles. The summed E-state index contributed by atoms with van der Waals surface area (Å²) < 4.78 is 0. The molecule has 1 saturated carbocycles. The van der Waals surface area contributed by atoms with E-state index in [9.17, 15) is 0 Å². The monoisotopic (exact) mass is 301 g/mol. The zero-order valence-corrected chi connectivity index (χ0v) is 13.3. The quantitative estimate of drug-likeness (QED) is 0.910. The molecular formula is C14H24ClN3S. The van der Waals surface area contributed by atoms with Gasteiger partial charge in [0.05, 0.1) is 6.54 Å². The van der Waals surface area contributed by atoms with E-state index in [-0.39, 0.29) is 12.4 Å². The molecule has 3 rings (SSSR count). The van der Waals surface area contributed by atoms with Gasteiger partial charge in [-0.05, 0) is 19.8 Å². The SMILES string of the molecule is Cc1csc(CN2CCNCC23CCCCC3)n1.Cl. The third kappa shape index (κ3) is 3.30. The van der Waals surface area contributed by atoms with Crippen molar-refractivity contribution >= 4 is 23.7 Å². The largest absolute Gasteiger partial charge is 0.314 e. The standard InChI is InChI=1S/C14H23N3S.ClH/c1-12-10-18-13(16-12)9-17-8-7-15-11-14(17)5-3-2-4-6-14;/h10,15H,2-9,11H2,1H3;1H. The average Bonchev–Trinajstić information content (AvgIpc) is 2.79. The first-order valence-electron chi connectivity index (χ1n) is 7.15. The Balaban J connectivity index is 0.00000133. The number of rotatable bonds is 2. The number of nitrogens with zero attached hydrogens (tertiary/aromatic N) is 2. The molecule has 1 aromatic heterocycles. The summed E-state index contributed by atoms with van der Waals surface area (Å²) in [7, 11) is 0. The zero-order chi connectivity index (χ0) is 12.4.